The van der Waals surface area contributed by atoms with Crippen molar-refractivity contribution in [1.82, 2.24) is 24.7 Å². The largest absolute Gasteiger partial charge is 0.507 e. The molecule has 0 bridgehead atoms. The topological polar surface area (TPSA) is 132 Å². The number of benzene rings is 1. The second kappa shape index (κ2) is 7.95. The zero-order valence-corrected chi connectivity index (χ0v) is 15.8. The number of hydrogen-bond donors (Lipinski definition) is 2. The van der Waals surface area contributed by atoms with Crippen LogP contribution in [0.15, 0.2) is 55.0 Å². The smallest absolute Gasteiger partial charge is 0.436 e. The number of rotatable bonds is 4. The van der Waals surface area contributed by atoms with Crippen LogP contribution < -0.4 is 5.32 Å². The van der Waals surface area contributed by atoms with Gasteiger partial charge in [0.25, 0.3) is 5.91 Å². The van der Waals surface area contributed by atoms with Gasteiger partial charge in [-0.25, -0.2) is 14.8 Å². The van der Waals surface area contributed by atoms with E-state index in [0.717, 1.165) is 4.68 Å². The van der Waals surface area contributed by atoms with Crippen LogP contribution in [0.3, 0.4) is 0 Å². The average Bonchev–Trinajstić information content (AvgIpc) is 3.12. The van der Waals surface area contributed by atoms with E-state index in [1.54, 1.807) is 43.5 Å². The van der Waals surface area contributed by atoms with Gasteiger partial charge < -0.3 is 15.2 Å². The molecular formula is C20H16N6O4. The minimum absolute atomic E-state index is 0.0184. The van der Waals surface area contributed by atoms with E-state index in [2.05, 4.69) is 25.4 Å². The van der Waals surface area contributed by atoms with Crippen molar-refractivity contribution in [2.24, 2.45) is 0 Å². The summed E-state index contributed by atoms with van der Waals surface area (Å²) >= 11 is 0. The highest BCUT2D eigenvalue weighted by Crippen LogP contribution is 2.29. The fourth-order valence-electron chi connectivity index (χ4n) is 2.78. The van der Waals surface area contributed by atoms with E-state index >= 15 is 0 Å². The standard InChI is InChI=1S/C20H16N6O4/c1-2-30-20(29)26-18-16(17(25-26)24-19(28)12-6-5-9-21-10-12)23-14(11-22-18)13-7-3-4-8-15(13)27/h3-11,27H,2H2,1H3,(H,24,25,28). The summed E-state index contributed by atoms with van der Waals surface area (Å²) in [5, 5.41) is 16.9. The Labute approximate surface area is 170 Å². The van der Waals surface area contributed by atoms with E-state index in [4.69, 9.17) is 4.74 Å². The minimum atomic E-state index is -0.756. The molecule has 0 saturated carbocycles. The number of phenolic OH excluding ortho intramolecular Hbond substituents is 1. The summed E-state index contributed by atoms with van der Waals surface area (Å²) < 4.78 is 5.93. The molecule has 0 fully saturated rings. The third-order valence-corrected chi connectivity index (χ3v) is 4.15. The molecule has 0 spiro atoms. The number of hydrogen-bond acceptors (Lipinski definition) is 8. The van der Waals surface area contributed by atoms with Gasteiger partial charge in [0.1, 0.15) is 5.75 Å². The number of pyridine rings is 1. The Morgan fingerprint density at radius 3 is 2.73 bits per heavy atom. The molecule has 3 aromatic heterocycles. The van der Waals surface area contributed by atoms with E-state index in [-0.39, 0.29) is 29.3 Å². The fourth-order valence-corrected chi connectivity index (χ4v) is 2.78. The van der Waals surface area contributed by atoms with Crippen molar-refractivity contribution in [2.45, 2.75) is 6.92 Å². The van der Waals surface area contributed by atoms with Gasteiger partial charge in [-0.1, -0.05) is 12.1 Å². The number of fused-ring (bicyclic) bond motifs is 1. The van der Waals surface area contributed by atoms with Crippen LogP contribution in [0.4, 0.5) is 10.6 Å². The summed E-state index contributed by atoms with van der Waals surface area (Å²) in [6.07, 6.45) is 3.60. The van der Waals surface area contributed by atoms with E-state index in [1.165, 1.54) is 18.5 Å². The number of aromatic nitrogens is 5. The van der Waals surface area contributed by atoms with E-state index < -0.39 is 12.0 Å². The van der Waals surface area contributed by atoms with Crippen LogP contribution in [0.25, 0.3) is 22.4 Å². The molecule has 0 saturated heterocycles. The summed E-state index contributed by atoms with van der Waals surface area (Å²) in [5.74, 6) is -0.435. The molecule has 0 aliphatic rings. The maximum atomic E-state index is 12.6. The summed E-state index contributed by atoms with van der Waals surface area (Å²) in [4.78, 5) is 37.5. The number of anilines is 1. The summed E-state index contributed by atoms with van der Waals surface area (Å²) in [7, 11) is 0. The van der Waals surface area contributed by atoms with Gasteiger partial charge in [0, 0.05) is 18.0 Å². The molecule has 3 heterocycles. The first-order valence-electron chi connectivity index (χ1n) is 9.01. The quantitative estimate of drug-likeness (QED) is 0.531. The zero-order valence-electron chi connectivity index (χ0n) is 15.8. The first kappa shape index (κ1) is 19.0. The number of amides is 1. The van der Waals surface area contributed by atoms with Gasteiger partial charge in [0.05, 0.1) is 24.1 Å². The molecule has 0 aliphatic heterocycles. The highest BCUT2D eigenvalue weighted by atomic mass is 16.6. The van der Waals surface area contributed by atoms with Crippen LogP contribution in [0.2, 0.25) is 0 Å². The maximum absolute atomic E-state index is 12.6. The Morgan fingerprint density at radius 1 is 1.17 bits per heavy atom. The molecule has 30 heavy (non-hydrogen) atoms. The third-order valence-electron chi connectivity index (χ3n) is 4.15. The van der Waals surface area contributed by atoms with Crippen LogP contribution >= 0.6 is 0 Å². The molecule has 0 aliphatic carbocycles. The number of aromatic hydroxyl groups is 1. The number of nitrogens with one attached hydrogen (secondary N) is 1. The molecule has 10 heteroatoms. The lowest BCUT2D eigenvalue weighted by Crippen LogP contribution is -2.17. The number of carbonyl (C=O) groups excluding carboxylic acids is 2. The number of nitrogens with zero attached hydrogens (tertiary/aromatic N) is 5. The van der Waals surface area contributed by atoms with Crippen LogP contribution in [-0.2, 0) is 4.74 Å². The summed E-state index contributed by atoms with van der Waals surface area (Å²) in [6.45, 7) is 1.80. The van der Waals surface area contributed by atoms with Crippen molar-refractivity contribution in [1.29, 1.82) is 0 Å². The van der Waals surface area contributed by atoms with Gasteiger partial charge in [-0.05, 0) is 31.2 Å². The van der Waals surface area contributed by atoms with Crippen molar-refractivity contribution in [3.8, 4) is 17.0 Å². The Hall–Kier alpha value is -4.34. The van der Waals surface area contributed by atoms with Crippen LogP contribution in [0, 0.1) is 0 Å². The molecule has 1 aromatic carbocycles. The van der Waals surface area contributed by atoms with Gasteiger partial charge in [-0.15, -0.1) is 9.78 Å². The van der Waals surface area contributed by atoms with E-state index in [1.807, 2.05) is 0 Å². The summed E-state index contributed by atoms with van der Waals surface area (Å²) in [6, 6.07) is 9.84. The SMILES string of the molecule is CCOC(=O)n1nc(NC(=O)c2cccnc2)c2nc(-c3ccccc3O)cnc21. The van der Waals surface area contributed by atoms with Gasteiger partial charge >= 0.3 is 6.09 Å². The first-order chi connectivity index (χ1) is 14.6. The lowest BCUT2D eigenvalue weighted by Gasteiger charge is -2.04. The number of phenols is 1. The number of carbonyl (C=O) groups is 2. The lowest BCUT2D eigenvalue weighted by molar-refractivity contribution is 0.102. The molecular weight excluding hydrogens is 388 g/mol. The number of ether oxygens (including phenoxy) is 1. The highest BCUT2D eigenvalue weighted by molar-refractivity contribution is 6.07. The minimum Gasteiger partial charge on any atom is -0.507 e. The predicted molar refractivity (Wildman–Crippen MR) is 107 cm³/mol. The van der Waals surface area contributed by atoms with Crippen molar-refractivity contribution in [3.05, 3.63) is 60.6 Å². The monoisotopic (exact) mass is 404 g/mol. The molecule has 0 radical (unpaired) electrons. The van der Waals surface area contributed by atoms with Crippen molar-refractivity contribution < 1.29 is 19.4 Å². The molecule has 4 aromatic rings. The van der Waals surface area contributed by atoms with Gasteiger partial charge in [0.15, 0.2) is 17.0 Å². The van der Waals surface area contributed by atoms with E-state index in [0.29, 0.717) is 16.8 Å². The molecule has 150 valence electrons. The molecule has 4 rings (SSSR count). The van der Waals surface area contributed by atoms with Crippen molar-refractivity contribution in [3.63, 3.8) is 0 Å². The highest BCUT2D eigenvalue weighted by Gasteiger charge is 2.22. The van der Waals surface area contributed by atoms with Gasteiger partial charge in [-0.3, -0.25) is 9.78 Å². The zero-order chi connectivity index (χ0) is 21.1. The lowest BCUT2D eigenvalue weighted by atomic mass is 10.1. The van der Waals surface area contributed by atoms with Crippen molar-refractivity contribution >= 4 is 29.0 Å². The molecule has 1 amide bonds. The Kier molecular flexibility index (Phi) is 5.04. The molecule has 0 atom stereocenters. The Balaban J connectivity index is 1.82. The second-order valence-corrected chi connectivity index (χ2v) is 6.10. The van der Waals surface area contributed by atoms with Crippen molar-refractivity contribution in [2.75, 3.05) is 11.9 Å². The Morgan fingerprint density at radius 2 is 2.00 bits per heavy atom. The van der Waals surface area contributed by atoms with Crippen LogP contribution in [0.1, 0.15) is 17.3 Å². The third kappa shape index (κ3) is 3.53. The molecule has 10 nitrogen and oxygen atoms in total. The number of para-hydroxylation sites is 1. The predicted octanol–water partition coefficient (Wildman–Crippen LogP) is 2.85. The van der Waals surface area contributed by atoms with Crippen LogP contribution in [-0.4, -0.2) is 48.4 Å². The second-order valence-electron chi connectivity index (χ2n) is 6.10. The van der Waals surface area contributed by atoms with Gasteiger partial charge in [-0.2, -0.15) is 0 Å². The Bertz CT molecular complexity index is 1240. The molecule has 0 unspecified atom stereocenters. The summed E-state index contributed by atoms with van der Waals surface area (Å²) in [5.41, 5.74) is 1.37. The fraction of sp³-hybridized carbons (Fsp3) is 0.100. The average molecular weight is 404 g/mol. The normalized spacial score (nSPS) is 10.7. The molecule has 2 N–H and O–H groups in total. The van der Waals surface area contributed by atoms with Gasteiger partial charge in [0.2, 0.25) is 0 Å². The van der Waals surface area contributed by atoms with Crippen LogP contribution in [0.5, 0.6) is 5.75 Å². The first-order valence-corrected chi connectivity index (χ1v) is 9.01. The maximum Gasteiger partial charge on any atom is 0.436 e. The van der Waals surface area contributed by atoms with E-state index in [9.17, 15) is 14.7 Å².